The topological polar surface area (TPSA) is 98.2 Å². The van der Waals surface area contributed by atoms with E-state index in [2.05, 4.69) is 25.6 Å². The number of sulfonamides is 1. The van der Waals surface area contributed by atoms with E-state index in [-0.39, 0.29) is 17.3 Å². The summed E-state index contributed by atoms with van der Waals surface area (Å²) in [4.78, 5) is 3.73. The predicted octanol–water partition coefficient (Wildman–Crippen LogP) is 1.50. The SMILES string of the molecule is Nc1ncc(Br)cc1S(=O)(=O)NCc1ccoc1. The van der Waals surface area contributed by atoms with Crippen molar-refractivity contribution < 1.29 is 12.8 Å². The zero-order chi connectivity index (χ0) is 13.2. The van der Waals surface area contributed by atoms with Crippen molar-refractivity contribution in [1.82, 2.24) is 9.71 Å². The van der Waals surface area contributed by atoms with Crippen LogP contribution in [-0.4, -0.2) is 13.4 Å². The Kier molecular flexibility index (Phi) is 3.69. The summed E-state index contributed by atoms with van der Waals surface area (Å²) in [5.41, 5.74) is 6.28. The molecule has 0 aliphatic carbocycles. The van der Waals surface area contributed by atoms with Crippen molar-refractivity contribution in [2.45, 2.75) is 11.4 Å². The molecule has 0 fully saturated rings. The van der Waals surface area contributed by atoms with E-state index >= 15 is 0 Å². The number of aromatic nitrogens is 1. The molecule has 0 atom stereocenters. The molecule has 3 N–H and O–H groups in total. The van der Waals surface area contributed by atoms with Crippen LogP contribution in [0.1, 0.15) is 5.56 Å². The Balaban J connectivity index is 2.22. The maximum absolute atomic E-state index is 12.0. The van der Waals surface area contributed by atoms with Crippen molar-refractivity contribution >= 4 is 31.8 Å². The van der Waals surface area contributed by atoms with Crippen molar-refractivity contribution in [3.05, 3.63) is 40.9 Å². The first-order valence-electron chi connectivity index (χ1n) is 4.91. The van der Waals surface area contributed by atoms with Crippen LogP contribution < -0.4 is 10.5 Å². The van der Waals surface area contributed by atoms with Gasteiger partial charge in [0.15, 0.2) is 0 Å². The second-order valence-electron chi connectivity index (χ2n) is 3.49. The summed E-state index contributed by atoms with van der Waals surface area (Å²) in [5, 5.41) is 0. The van der Waals surface area contributed by atoms with Gasteiger partial charge >= 0.3 is 0 Å². The van der Waals surface area contributed by atoms with Crippen molar-refractivity contribution in [2.75, 3.05) is 5.73 Å². The van der Waals surface area contributed by atoms with Crippen LogP contribution in [-0.2, 0) is 16.6 Å². The summed E-state index contributed by atoms with van der Waals surface area (Å²) >= 11 is 3.15. The molecule has 0 radical (unpaired) electrons. The minimum atomic E-state index is -3.70. The number of nitrogens with two attached hydrogens (primary N) is 1. The number of hydrogen-bond acceptors (Lipinski definition) is 5. The Morgan fingerprint density at radius 1 is 1.50 bits per heavy atom. The molecule has 96 valence electrons. The van der Waals surface area contributed by atoms with E-state index in [0.717, 1.165) is 5.56 Å². The number of nitrogens with zero attached hydrogens (tertiary/aromatic N) is 1. The van der Waals surface area contributed by atoms with E-state index in [1.54, 1.807) is 6.07 Å². The molecule has 0 unspecified atom stereocenters. The van der Waals surface area contributed by atoms with E-state index < -0.39 is 10.0 Å². The number of nitrogens with one attached hydrogen (secondary N) is 1. The van der Waals surface area contributed by atoms with Crippen molar-refractivity contribution in [1.29, 1.82) is 0 Å². The molecular formula is C10H10BrN3O3S. The van der Waals surface area contributed by atoms with Crippen LogP contribution >= 0.6 is 15.9 Å². The van der Waals surface area contributed by atoms with Gasteiger partial charge in [0, 0.05) is 22.8 Å². The molecule has 6 nitrogen and oxygen atoms in total. The smallest absolute Gasteiger partial charge is 0.244 e. The zero-order valence-corrected chi connectivity index (χ0v) is 11.5. The number of hydrogen-bond donors (Lipinski definition) is 2. The Hall–Kier alpha value is -1.38. The summed E-state index contributed by atoms with van der Waals surface area (Å²) in [6, 6.07) is 3.07. The van der Waals surface area contributed by atoms with Crippen LogP contribution in [0, 0.1) is 0 Å². The summed E-state index contributed by atoms with van der Waals surface area (Å²) in [7, 11) is -3.70. The molecule has 0 saturated heterocycles. The van der Waals surface area contributed by atoms with Gasteiger partial charge in [0.1, 0.15) is 10.7 Å². The highest BCUT2D eigenvalue weighted by molar-refractivity contribution is 9.10. The summed E-state index contributed by atoms with van der Waals surface area (Å²) in [6.07, 6.45) is 4.37. The van der Waals surface area contributed by atoms with Gasteiger partial charge in [-0.1, -0.05) is 0 Å². The van der Waals surface area contributed by atoms with Crippen molar-refractivity contribution in [3.63, 3.8) is 0 Å². The first-order chi connectivity index (χ1) is 8.49. The maximum atomic E-state index is 12.0. The fourth-order valence-corrected chi connectivity index (χ4v) is 2.90. The molecule has 0 aliphatic heterocycles. The number of halogens is 1. The van der Waals surface area contributed by atoms with Crippen molar-refractivity contribution in [3.8, 4) is 0 Å². The van der Waals surface area contributed by atoms with Crippen LogP contribution in [0.15, 0.2) is 44.6 Å². The van der Waals surface area contributed by atoms with Crippen LogP contribution in [0.3, 0.4) is 0 Å². The Morgan fingerprint density at radius 2 is 2.28 bits per heavy atom. The molecule has 0 aliphatic rings. The lowest BCUT2D eigenvalue weighted by molar-refractivity contribution is 0.561. The van der Waals surface area contributed by atoms with Crippen LogP contribution in [0.5, 0.6) is 0 Å². The van der Waals surface area contributed by atoms with Gasteiger partial charge in [-0.05, 0) is 28.1 Å². The fraction of sp³-hybridized carbons (Fsp3) is 0.100. The largest absolute Gasteiger partial charge is 0.472 e. The van der Waals surface area contributed by atoms with Crippen LogP contribution in [0.4, 0.5) is 5.82 Å². The third-order valence-corrected chi connectivity index (χ3v) is 4.05. The average molecular weight is 332 g/mol. The normalized spacial score (nSPS) is 11.6. The molecule has 8 heteroatoms. The van der Waals surface area contributed by atoms with Gasteiger partial charge in [0.05, 0.1) is 12.5 Å². The van der Waals surface area contributed by atoms with Crippen LogP contribution in [0.2, 0.25) is 0 Å². The minimum absolute atomic E-state index is 0.0436. The number of rotatable bonds is 4. The molecule has 0 bridgehead atoms. The Labute approximate surface area is 112 Å². The monoisotopic (exact) mass is 331 g/mol. The number of furan rings is 1. The summed E-state index contributed by atoms with van der Waals surface area (Å²) in [5.74, 6) is -0.0436. The van der Waals surface area contributed by atoms with E-state index in [4.69, 9.17) is 10.2 Å². The van der Waals surface area contributed by atoms with E-state index in [9.17, 15) is 8.42 Å². The standard InChI is InChI=1S/C10H10BrN3O3S/c11-8-3-9(10(12)13-5-8)18(15,16)14-4-7-1-2-17-6-7/h1-3,5-6,14H,4H2,(H2,12,13). The zero-order valence-electron chi connectivity index (χ0n) is 9.13. The van der Waals surface area contributed by atoms with E-state index in [1.807, 2.05) is 0 Å². The third-order valence-electron chi connectivity index (χ3n) is 2.18. The minimum Gasteiger partial charge on any atom is -0.472 e. The van der Waals surface area contributed by atoms with Gasteiger partial charge in [-0.15, -0.1) is 0 Å². The lowest BCUT2D eigenvalue weighted by Gasteiger charge is -2.07. The highest BCUT2D eigenvalue weighted by Crippen LogP contribution is 2.20. The van der Waals surface area contributed by atoms with E-state index in [1.165, 1.54) is 24.8 Å². The Bertz CT molecular complexity index is 640. The molecule has 2 aromatic heterocycles. The number of pyridine rings is 1. The number of nitrogen functional groups attached to an aromatic ring is 1. The van der Waals surface area contributed by atoms with E-state index in [0.29, 0.717) is 4.47 Å². The van der Waals surface area contributed by atoms with Crippen LogP contribution in [0.25, 0.3) is 0 Å². The highest BCUT2D eigenvalue weighted by atomic mass is 79.9. The second kappa shape index (κ2) is 5.09. The lowest BCUT2D eigenvalue weighted by atomic mass is 10.4. The first-order valence-corrected chi connectivity index (χ1v) is 7.18. The summed E-state index contributed by atoms with van der Waals surface area (Å²) < 4.78 is 31.8. The fourth-order valence-electron chi connectivity index (χ4n) is 1.30. The molecule has 2 aromatic rings. The van der Waals surface area contributed by atoms with Gasteiger partial charge < -0.3 is 10.2 Å². The van der Waals surface area contributed by atoms with Gasteiger partial charge in [-0.25, -0.2) is 18.1 Å². The molecule has 0 saturated carbocycles. The molecule has 0 aromatic carbocycles. The molecule has 2 heterocycles. The molecule has 0 spiro atoms. The molecular weight excluding hydrogens is 322 g/mol. The van der Waals surface area contributed by atoms with Crippen molar-refractivity contribution in [2.24, 2.45) is 0 Å². The maximum Gasteiger partial charge on any atom is 0.244 e. The quantitative estimate of drug-likeness (QED) is 0.884. The third kappa shape index (κ3) is 2.89. The Morgan fingerprint density at radius 3 is 2.94 bits per heavy atom. The average Bonchev–Trinajstić information content (AvgIpc) is 2.83. The van der Waals surface area contributed by atoms with Gasteiger partial charge in [0.2, 0.25) is 10.0 Å². The first kappa shape index (κ1) is 13.1. The molecule has 18 heavy (non-hydrogen) atoms. The number of anilines is 1. The predicted molar refractivity (Wildman–Crippen MR) is 69.1 cm³/mol. The highest BCUT2D eigenvalue weighted by Gasteiger charge is 2.18. The molecule has 0 amide bonds. The van der Waals surface area contributed by atoms with Gasteiger partial charge in [-0.2, -0.15) is 0 Å². The lowest BCUT2D eigenvalue weighted by Crippen LogP contribution is -2.24. The van der Waals surface area contributed by atoms with Gasteiger partial charge in [0.25, 0.3) is 0 Å². The summed E-state index contributed by atoms with van der Waals surface area (Å²) in [6.45, 7) is 0.130. The second-order valence-corrected chi connectivity index (χ2v) is 6.14. The molecule has 2 rings (SSSR count). The van der Waals surface area contributed by atoms with Gasteiger partial charge in [-0.3, -0.25) is 0 Å².